The first-order chi connectivity index (χ1) is 14.5. The lowest BCUT2D eigenvalue weighted by molar-refractivity contribution is 0.102. The first-order valence-corrected chi connectivity index (χ1v) is 10.0. The lowest BCUT2D eigenvalue weighted by Gasteiger charge is -2.08. The predicted octanol–water partition coefficient (Wildman–Crippen LogP) is 4.70. The predicted molar refractivity (Wildman–Crippen MR) is 118 cm³/mol. The first kappa shape index (κ1) is 19.9. The van der Waals surface area contributed by atoms with Crippen molar-refractivity contribution in [3.05, 3.63) is 100 Å². The van der Waals surface area contributed by atoms with Crippen molar-refractivity contribution in [2.75, 3.05) is 5.32 Å². The van der Waals surface area contributed by atoms with E-state index in [1.807, 2.05) is 72.4 Å². The molecule has 0 atom stereocenters. The Labute approximate surface area is 180 Å². The summed E-state index contributed by atoms with van der Waals surface area (Å²) in [4.78, 5) is 12.8. The lowest BCUT2D eigenvalue weighted by atomic mass is 10.1. The van der Waals surface area contributed by atoms with Crippen LogP contribution in [-0.4, -0.2) is 25.5 Å². The van der Waals surface area contributed by atoms with Crippen molar-refractivity contribution in [1.82, 2.24) is 19.6 Å². The van der Waals surface area contributed by atoms with E-state index in [-0.39, 0.29) is 5.91 Å². The van der Waals surface area contributed by atoms with Crippen molar-refractivity contribution in [1.29, 1.82) is 0 Å². The van der Waals surface area contributed by atoms with Crippen LogP contribution in [0, 0.1) is 13.8 Å². The molecule has 0 radical (unpaired) electrons. The zero-order valence-electron chi connectivity index (χ0n) is 16.8. The van der Waals surface area contributed by atoms with Crippen LogP contribution in [0.5, 0.6) is 0 Å². The highest BCUT2D eigenvalue weighted by molar-refractivity contribution is 6.33. The number of halogens is 1. The standard InChI is InChI=1S/C23H22ClN5O/c1-16-4-6-19(7-5-16)15-29-22(24)21(17(2)27-29)23(30)26-20-10-8-18(9-11-20)14-28-13-3-12-25-28/h3-13H,14-15H2,1-2H3,(H,26,30). The van der Waals surface area contributed by atoms with Gasteiger partial charge in [-0.1, -0.05) is 53.6 Å². The minimum absolute atomic E-state index is 0.271. The molecule has 2 heterocycles. The molecule has 0 saturated heterocycles. The Bertz CT molecular complexity index is 1150. The number of anilines is 1. The number of nitrogens with zero attached hydrogens (tertiary/aromatic N) is 4. The van der Waals surface area contributed by atoms with E-state index >= 15 is 0 Å². The molecule has 0 fully saturated rings. The smallest absolute Gasteiger partial charge is 0.260 e. The molecule has 0 unspecified atom stereocenters. The van der Waals surface area contributed by atoms with Crippen LogP contribution in [0.1, 0.15) is 32.7 Å². The Morgan fingerprint density at radius 2 is 1.67 bits per heavy atom. The van der Waals surface area contributed by atoms with Crippen molar-refractivity contribution >= 4 is 23.2 Å². The van der Waals surface area contributed by atoms with Gasteiger partial charge >= 0.3 is 0 Å². The third-order valence-corrected chi connectivity index (χ3v) is 5.25. The van der Waals surface area contributed by atoms with E-state index in [1.54, 1.807) is 17.8 Å². The van der Waals surface area contributed by atoms with Gasteiger partial charge in [0.05, 0.1) is 24.3 Å². The number of hydrogen-bond donors (Lipinski definition) is 1. The summed E-state index contributed by atoms with van der Waals surface area (Å²) in [6.07, 6.45) is 3.66. The summed E-state index contributed by atoms with van der Waals surface area (Å²) in [7, 11) is 0. The third kappa shape index (κ3) is 4.44. The number of hydrogen-bond acceptors (Lipinski definition) is 3. The van der Waals surface area contributed by atoms with Crippen LogP contribution in [0.3, 0.4) is 0 Å². The molecular formula is C23H22ClN5O. The zero-order valence-corrected chi connectivity index (χ0v) is 17.6. The van der Waals surface area contributed by atoms with Crippen molar-refractivity contribution in [3.8, 4) is 0 Å². The van der Waals surface area contributed by atoms with Crippen LogP contribution in [0.25, 0.3) is 0 Å². The van der Waals surface area contributed by atoms with Gasteiger partial charge in [-0.3, -0.25) is 9.48 Å². The van der Waals surface area contributed by atoms with Gasteiger partial charge in [0, 0.05) is 18.1 Å². The summed E-state index contributed by atoms with van der Waals surface area (Å²) < 4.78 is 3.50. The number of rotatable bonds is 6. The molecule has 7 heteroatoms. The lowest BCUT2D eigenvalue weighted by Crippen LogP contribution is -2.13. The molecule has 152 valence electrons. The molecule has 0 saturated carbocycles. The van der Waals surface area contributed by atoms with Crippen LogP contribution in [-0.2, 0) is 13.1 Å². The second kappa shape index (κ2) is 8.55. The van der Waals surface area contributed by atoms with Crippen LogP contribution in [0.2, 0.25) is 5.15 Å². The molecule has 1 amide bonds. The Balaban J connectivity index is 1.46. The Morgan fingerprint density at radius 3 is 2.33 bits per heavy atom. The number of aryl methyl sites for hydroxylation is 2. The average molecular weight is 420 g/mol. The summed E-state index contributed by atoms with van der Waals surface area (Å²) in [6, 6.07) is 17.7. The summed E-state index contributed by atoms with van der Waals surface area (Å²) in [5.41, 5.74) is 5.05. The molecule has 1 N–H and O–H groups in total. The fourth-order valence-electron chi connectivity index (χ4n) is 3.25. The number of carbonyl (C=O) groups is 1. The monoisotopic (exact) mass is 419 g/mol. The maximum absolute atomic E-state index is 12.8. The highest BCUT2D eigenvalue weighted by Crippen LogP contribution is 2.23. The highest BCUT2D eigenvalue weighted by atomic mass is 35.5. The Kier molecular flexibility index (Phi) is 5.68. The maximum atomic E-state index is 12.8. The minimum Gasteiger partial charge on any atom is -0.322 e. The Morgan fingerprint density at radius 1 is 1.00 bits per heavy atom. The fraction of sp³-hybridized carbons (Fsp3) is 0.174. The molecule has 30 heavy (non-hydrogen) atoms. The van der Waals surface area contributed by atoms with E-state index < -0.39 is 0 Å². The van der Waals surface area contributed by atoms with Crippen LogP contribution >= 0.6 is 11.6 Å². The SMILES string of the molecule is Cc1ccc(Cn2nc(C)c(C(=O)Nc3ccc(Cn4cccn4)cc3)c2Cl)cc1. The van der Waals surface area contributed by atoms with Gasteiger partial charge in [0.15, 0.2) is 0 Å². The van der Waals surface area contributed by atoms with E-state index in [0.29, 0.717) is 35.2 Å². The van der Waals surface area contributed by atoms with E-state index in [4.69, 9.17) is 11.6 Å². The molecule has 0 aliphatic rings. The van der Waals surface area contributed by atoms with E-state index in [0.717, 1.165) is 11.1 Å². The van der Waals surface area contributed by atoms with Crippen LogP contribution in [0.15, 0.2) is 67.0 Å². The molecule has 0 spiro atoms. The zero-order chi connectivity index (χ0) is 21.1. The molecular weight excluding hydrogens is 398 g/mol. The topological polar surface area (TPSA) is 64.7 Å². The van der Waals surface area contributed by atoms with Gasteiger partial charge < -0.3 is 5.32 Å². The Hall–Kier alpha value is -3.38. The molecule has 4 aromatic rings. The van der Waals surface area contributed by atoms with E-state index in [9.17, 15) is 4.79 Å². The summed E-state index contributed by atoms with van der Waals surface area (Å²) >= 11 is 6.51. The highest BCUT2D eigenvalue weighted by Gasteiger charge is 2.20. The summed E-state index contributed by atoms with van der Waals surface area (Å²) in [5, 5.41) is 11.9. The van der Waals surface area contributed by atoms with Crippen LogP contribution in [0.4, 0.5) is 5.69 Å². The molecule has 2 aromatic heterocycles. The number of amides is 1. The third-order valence-electron chi connectivity index (χ3n) is 4.86. The second-order valence-electron chi connectivity index (χ2n) is 7.25. The molecule has 6 nitrogen and oxygen atoms in total. The van der Waals surface area contributed by atoms with Gasteiger partial charge in [-0.15, -0.1) is 0 Å². The minimum atomic E-state index is -0.271. The molecule has 0 aliphatic heterocycles. The average Bonchev–Trinajstić information content (AvgIpc) is 3.33. The van der Waals surface area contributed by atoms with Crippen molar-refractivity contribution in [3.63, 3.8) is 0 Å². The van der Waals surface area contributed by atoms with Gasteiger partial charge in [0.1, 0.15) is 5.15 Å². The van der Waals surface area contributed by atoms with Gasteiger partial charge in [-0.2, -0.15) is 10.2 Å². The van der Waals surface area contributed by atoms with Crippen molar-refractivity contribution < 1.29 is 4.79 Å². The largest absolute Gasteiger partial charge is 0.322 e. The van der Waals surface area contributed by atoms with Gasteiger partial charge in [-0.05, 0) is 43.2 Å². The maximum Gasteiger partial charge on any atom is 0.260 e. The number of carbonyl (C=O) groups excluding carboxylic acids is 1. The molecule has 0 bridgehead atoms. The first-order valence-electron chi connectivity index (χ1n) is 9.66. The quantitative estimate of drug-likeness (QED) is 0.492. The molecule has 0 aliphatic carbocycles. The van der Waals surface area contributed by atoms with Crippen molar-refractivity contribution in [2.24, 2.45) is 0 Å². The molecule has 4 rings (SSSR count). The number of benzene rings is 2. The number of aromatic nitrogens is 4. The molecule has 2 aromatic carbocycles. The summed E-state index contributed by atoms with van der Waals surface area (Å²) in [6.45, 7) is 5.02. The number of nitrogens with one attached hydrogen (secondary N) is 1. The van der Waals surface area contributed by atoms with Gasteiger partial charge in [0.25, 0.3) is 5.91 Å². The fourth-order valence-corrected chi connectivity index (χ4v) is 3.57. The van der Waals surface area contributed by atoms with Crippen molar-refractivity contribution in [2.45, 2.75) is 26.9 Å². The van der Waals surface area contributed by atoms with Crippen LogP contribution < -0.4 is 5.32 Å². The van der Waals surface area contributed by atoms with E-state index in [2.05, 4.69) is 15.5 Å². The summed E-state index contributed by atoms with van der Waals surface area (Å²) in [5.74, 6) is -0.271. The second-order valence-corrected chi connectivity index (χ2v) is 7.61. The van der Waals surface area contributed by atoms with Gasteiger partial charge in [0.2, 0.25) is 0 Å². The van der Waals surface area contributed by atoms with E-state index in [1.165, 1.54) is 5.56 Å². The van der Waals surface area contributed by atoms with Gasteiger partial charge in [-0.25, -0.2) is 4.68 Å². The normalized spacial score (nSPS) is 10.9.